The quantitative estimate of drug-likeness (QED) is 0.509. The van der Waals surface area contributed by atoms with Crippen LogP contribution in [0, 0.1) is 0 Å². The number of benzene rings is 3. The maximum absolute atomic E-state index is 10.6. The number of phenolic OH excluding ortho intramolecular Hbond substituents is 1. The minimum Gasteiger partial charge on any atom is -0.507 e. The molecule has 0 bridgehead atoms. The second-order valence-corrected chi connectivity index (χ2v) is 6.27. The molecular formula is C23H20N2O3. The van der Waals surface area contributed by atoms with E-state index in [1.807, 2.05) is 66.7 Å². The van der Waals surface area contributed by atoms with Crippen molar-refractivity contribution in [3.05, 3.63) is 72.8 Å². The fourth-order valence-electron chi connectivity index (χ4n) is 3.31. The molecule has 4 aromatic rings. The van der Waals surface area contributed by atoms with Crippen molar-refractivity contribution in [2.45, 2.75) is 0 Å². The summed E-state index contributed by atoms with van der Waals surface area (Å²) in [5.74, 6) is 1.43. The average Bonchev–Trinajstić information content (AvgIpc) is 3.18. The van der Waals surface area contributed by atoms with Crippen molar-refractivity contribution in [2.24, 2.45) is 0 Å². The van der Waals surface area contributed by atoms with Crippen LogP contribution in [-0.4, -0.2) is 29.5 Å². The van der Waals surface area contributed by atoms with Gasteiger partial charge >= 0.3 is 0 Å². The second-order valence-electron chi connectivity index (χ2n) is 6.27. The van der Waals surface area contributed by atoms with Gasteiger partial charge in [0.05, 0.1) is 19.9 Å². The minimum absolute atomic E-state index is 0.110. The summed E-state index contributed by atoms with van der Waals surface area (Å²) in [4.78, 5) is 0. The third-order valence-electron chi connectivity index (χ3n) is 4.66. The van der Waals surface area contributed by atoms with Gasteiger partial charge in [-0.1, -0.05) is 48.5 Å². The third kappa shape index (κ3) is 3.07. The molecule has 0 amide bonds. The van der Waals surface area contributed by atoms with Crippen molar-refractivity contribution in [2.75, 3.05) is 14.2 Å². The predicted octanol–water partition coefficient (Wildman–Crippen LogP) is 5.13. The Morgan fingerprint density at radius 3 is 2.29 bits per heavy atom. The van der Waals surface area contributed by atoms with Gasteiger partial charge in [-0.15, -0.1) is 0 Å². The molecule has 1 aromatic heterocycles. The van der Waals surface area contributed by atoms with Crippen LogP contribution in [0.25, 0.3) is 33.6 Å². The molecule has 4 rings (SSSR count). The van der Waals surface area contributed by atoms with Gasteiger partial charge in [-0.3, -0.25) is 5.10 Å². The molecule has 0 aliphatic rings. The summed E-state index contributed by atoms with van der Waals surface area (Å²) < 4.78 is 10.8. The zero-order valence-electron chi connectivity index (χ0n) is 15.6. The first-order chi connectivity index (χ1) is 13.7. The molecule has 2 N–H and O–H groups in total. The van der Waals surface area contributed by atoms with Crippen LogP contribution in [0.1, 0.15) is 0 Å². The van der Waals surface area contributed by atoms with Crippen molar-refractivity contribution < 1.29 is 14.6 Å². The number of para-hydroxylation sites is 1. The molecule has 0 radical (unpaired) electrons. The standard InChI is InChI=1S/C23H20N2O3/c1-27-16-12-13-17(19(26)14-16)23-21(18-10-6-7-11-20(18)28-2)22(24-25-23)15-8-4-3-5-9-15/h3-14,26H,1-2H3,(H,24,25). The molecule has 0 saturated heterocycles. The molecule has 0 atom stereocenters. The van der Waals surface area contributed by atoms with E-state index in [-0.39, 0.29) is 5.75 Å². The van der Waals surface area contributed by atoms with E-state index in [0.29, 0.717) is 17.0 Å². The number of phenols is 1. The first-order valence-electron chi connectivity index (χ1n) is 8.87. The Morgan fingerprint density at radius 2 is 1.57 bits per heavy atom. The van der Waals surface area contributed by atoms with Gasteiger partial charge in [-0.05, 0) is 18.2 Å². The van der Waals surface area contributed by atoms with Gasteiger partial charge in [0.1, 0.15) is 22.9 Å². The number of methoxy groups -OCH3 is 2. The van der Waals surface area contributed by atoms with E-state index in [1.165, 1.54) is 0 Å². The molecule has 0 aliphatic heterocycles. The first kappa shape index (κ1) is 17.7. The lowest BCUT2D eigenvalue weighted by Crippen LogP contribution is -1.91. The van der Waals surface area contributed by atoms with Crippen molar-refractivity contribution in [3.63, 3.8) is 0 Å². The first-order valence-corrected chi connectivity index (χ1v) is 8.87. The zero-order valence-corrected chi connectivity index (χ0v) is 15.6. The number of aromatic hydroxyl groups is 1. The molecule has 5 nitrogen and oxygen atoms in total. The van der Waals surface area contributed by atoms with E-state index in [4.69, 9.17) is 9.47 Å². The zero-order chi connectivity index (χ0) is 19.5. The highest BCUT2D eigenvalue weighted by Crippen LogP contribution is 2.44. The summed E-state index contributed by atoms with van der Waals surface area (Å²) in [7, 11) is 3.21. The van der Waals surface area contributed by atoms with Crippen LogP contribution in [0.4, 0.5) is 0 Å². The molecule has 5 heteroatoms. The number of aromatic nitrogens is 2. The third-order valence-corrected chi connectivity index (χ3v) is 4.66. The molecule has 0 spiro atoms. The van der Waals surface area contributed by atoms with Crippen LogP contribution in [0.3, 0.4) is 0 Å². The van der Waals surface area contributed by atoms with Gasteiger partial charge < -0.3 is 14.6 Å². The Labute approximate surface area is 163 Å². The molecular weight excluding hydrogens is 352 g/mol. The largest absolute Gasteiger partial charge is 0.507 e. The van der Waals surface area contributed by atoms with E-state index >= 15 is 0 Å². The molecule has 0 saturated carbocycles. The fourth-order valence-corrected chi connectivity index (χ4v) is 3.31. The SMILES string of the molecule is COc1ccc(-c2[nH]nc(-c3ccccc3)c2-c2ccccc2OC)c(O)c1. The molecule has 28 heavy (non-hydrogen) atoms. The van der Waals surface area contributed by atoms with Crippen LogP contribution in [0.2, 0.25) is 0 Å². The van der Waals surface area contributed by atoms with Gasteiger partial charge in [0, 0.05) is 28.3 Å². The molecule has 3 aromatic carbocycles. The molecule has 0 unspecified atom stereocenters. The number of hydrogen-bond donors (Lipinski definition) is 2. The number of ether oxygens (including phenoxy) is 2. The Morgan fingerprint density at radius 1 is 0.821 bits per heavy atom. The number of hydrogen-bond acceptors (Lipinski definition) is 4. The molecule has 140 valence electrons. The summed E-state index contributed by atoms with van der Waals surface area (Å²) in [5, 5.41) is 18.3. The highest BCUT2D eigenvalue weighted by Gasteiger charge is 2.22. The topological polar surface area (TPSA) is 67.4 Å². The second kappa shape index (κ2) is 7.48. The van der Waals surface area contributed by atoms with Crippen LogP contribution < -0.4 is 9.47 Å². The van der Waals surface area contributed by atoms with Crippen LogP contribution in [0.15, 0.2) is 72.8 Å². The number of nitrogens with one attached hydrogen (secondary N) is 1. The molecule has 1 heterocycles. The van der Waals surface area contributed by atoms with E-state index in [2.05, 4.69) is 10.2 Å². The van der Waals surface area contributed by atoms with Crippen molar-refractivity contribution in [3.8, 4) is 50.9 Å². The monoisotopic (exact) mass is 372 g/mol. The Balaban J connectivity index is 1.99. The predicted molar refractivity (Wildman–Crippen MR) is 110 cm³/mol. The highest BCUT2D eigenvalue weighted by atomic mass is 16.5. The van der Waals surface area contributed by atoms with Crippen LogP contribution >= 0.6 is 0 Å². The maximum Gasteiger partial charge on any atom is 0.128 e. The summed E-state index contributed by atoms with van der Waals surface area (Å²) in [6.45, 7) is 0. The van der Waals surface area contributed by atoms with Gasteiger partial charge in [0.25, 0.3) is 0 Å². The Hall–Kier alpha value is -3.73. The Bertz CT molecular complexity index is 1100. The number of rotatable bonds is 5. The van der Waals surface area contributed by atoms with Gasteiger partial charge in [0.2, 0.25) is 0 Å². The number of H-pyrrole nitrogens is 1. The Kier molecular flexibility index (Phi) is 4.72. The van der Waals surface area contributed by atoms with Crippen molar-refractivity contribution in [1.29, 1.82) is 0 Å². The van der Waals surface area contributed by atoms with Crippen molar-refractivity contribution >= 4 is 0 Å². The smallest absolute Gasteiger partial charge is 0.128 e. The molecule has 0 fully saturated rings. The summed E-state index contributed by atoms with van der Waals surface area (Å²) in [6, 6.07) is 22.9. The van der Waals surface area contributed by atoms with Gasteiger partial charge in [-0.25, -0.2) is 0 Å². The summed E-state index contributed by atoms with van der Waals surface area (Å²) in [5.41, 5.74) is 4.86. The summed E-state index contributed by atoms with van der Waals surface area (Å²) >= 11 is 0. The molecule has 0 aliphatic carbocycles. The van der Waals surface area contributed by atoms with E-state index in [1.54, 1.807) is 20.3 Å². The highest BCUT2D eigenvalue weighted by molar-refractivity contribution is 5.94. The van der Waals surface area contributed by atoms with E-state index in [0.717, 1.165) is 28.1 Å². The lowest BCUT2D eigenvalue weighted by Gasteiger charge is -2.12. The van der Waals surface area contributed by atoms with Crippen molar-refractivity contribution in [1.82, 2.24) is 10.2 Å². The maximum atomic E-state index is 10.6. The number of nitrogens with zero attached hydrogens (tertiary/aromatic N) is 1. The van der Waals surface area contributed by atoms with E-state index < -0.39 is 0 Å². The van der Waals surface area contributed by atoms with Gasteiger partial charge in [0.15, 0.2) is 0 Å². The lowest BCUT2D eigenvalue weighted by atomic mass is 9.95. The van der Waals surface area contributed by atoms with Crippen LogP contribution in [0.5, 0.6) is 17.2 Å². The fraction of sp³-hybridized carbons (Fsp3) is 0.0870. The van der Waals surface area contributed by atoms with Gasteiger partial charge in [-0.2, -0.15) is 5.10 Å². The average molecular weight is 372 g/mol. The normalized spacial score (nSPS) is 10.6. The van der Waals surface area contributed by atoms with Crippen LogP contribution in [-0.2, 0) is 0 Å². The number of aromatic amines is 1. The minimum atomic E-state index is 0.110. The van der Waals surface area contributed by atoms with E-state index in [9.17, 15) is 5.11 Å². The lowest BCUT2D eigenvalue weighted by molar-refractivity contribution is 0.408. The summed E-state index contributed by atoms with van der Waals surface area (Å²) in [6.07, 6.45) is 0.